The molecule has 2 rings (SSSR count). The number of amides is 1. The summed E-state index contributed by atoms with van der Waals surface area (Å²) in [6, 6.07) is 13.5. The minimum atomic E-state index is -0.0947. The van der Waals surface area contributed by atoms with Crippen LogP contribution in [0.2, 0.25) is 0 Å². The fraction of sp³-hybridized carbons (Fsp3) is 0.188. The van der Waals surface area contributed by atoms with Crippen molar-refractivity contribution in [1.29, 1.82) is 0 Å². The van der Waals surface area contributed by atoms with Gasteiger partial charge in [-0.2, -0.15) is 0 Å². The maximum Gasteiger partial charge on any atom is 0.243 e. The van der Waals surface area contributed by atoms with E-state index in [0.717, 1.165) is 26.3 Å². The van der Waals surface area contributed by atoms with Crippen molar-refractivity contribution in [2.75, 3.05) is 24.3 Å². The number of ether oxygens (including phenoxy) is 1. The third kappa shape index (κ3) is 4.35. The molecule has 4 nitrogen and oxygen atoms in total. The van der Waals surface area contributed by atoms with Gasteiger partial charge in [-0.25, -0.2) is 0 Å². The summed E-state index contributed by atoms with van der Waals surface area (Å²) in [7, 11) is 1.61. The maximum atomic E-state index is 12.0. The second-order valence-corrected chi connectivity index (χ2v) is 5.75. The van der Waals surface area contributed by atoms with E-state index in [2.05, 4.69) is 33.2 Å². The van der Waals surface area contributed by atoms with Gasteiger partial charge in [0, 0.05) is 3.57 Å². The molecule has 0 aliphatic carbocycles. The van der Waals surface area contributed by atoms with Crippen molar-refractivity contribution in [1.82, 2.24) is 0 Å². The van der Waals surface area contributed by atoms with Crippen LogP contribution in [0.4, 0.5) is 11.4 Å². The number of aryl methyl sites for hydroxylation is 1. The lowest BCUT2D eigenvalue weighted by Gasteiger charge is -2.12. The van der Waals surface area contributed by atoms with E-state index >= 15 is 0 Å². The van der Waals surface area contributed by atoms with Gasteiger partial charge in [0.1, 0.15) is 5.75 Å². The van der Waals surface area contributed by atoms with Crippen LogP contribution < -0.4 is 15.4 Å². The average Bonchev–Trinajstić information content (AvgIpc) is 2.48. The highest BCUT2D eigenvalue weighted by Gasteiger charge is 2.07. The number of nitrogens with one attached hydrogen (secondary N) is 2. The van der Waals surface area contributed by atoms with E-state index in [9.17, 15) is 4.79 Å². The van der Waals surface area contributed by atoms with Gasteiger partial charge in [-0.3, -0.25) is 4.79 Å². The molecule has 110 valence electrons. The fourth-order valence-electron chi connectivity index (χ4n) is 1.89. The quantitative estimate of drug-likeness (QED) is 0.759. The smallest absolute Gasteiger partial charge is 0.243 e. The second-order valence-electron chi connectivity index (χ2n) is 4.59. The van der Waals surface area contributed by atoms with E-state index < -0.39 is 0 Å². The van der Waals surface area contributed by atoms with Crippen LogP contribution in [0.25, 0.3) is 0 Å². The first-order chi connectivity index (χ1) is 10.1. The lowest BCUT2D eigenvalue weighted by molar-refractivity contribution is -0.114. The Balaban J connectivity index is 1.98. The highest BCUT2D eigenvalue weighted by Crippen LogP contribution is 2.25. The zero-order valence-corrected chi connectivity index (χ0v) is 14.1. The van der Waals surface area contributed by atoms with Crippen LogP contribution in [-0.4, -0.2) is 19.6 Å². The first-order valence-electron chi connectivity index (χ1n) is 6.53. The average molecular weight is 396 g/mol. The summed E-state index contributed by atoms with van der Waals surface area (Å²) < 4.78 is 6.29. The maximum absolute atomic E-state index is 12.0. The van der Waals surface area contributed by atoms with Gasteiger partial charge in [0.05, 0.1) is 25.0 Å². The molecule has 0 bridgehead atoms. The first kappa shape index (κ1) is 15.6. The lowest BCUT2D eigenvalue weighted by Crippen LogP contribution is -2.22. The number of rotatable bonds is 5. The predicted molar refractivity (Wildman–Crippen MR) is 94.0 cm³/mol. The molecule has 5 heteroatoms. The Morgan fingerprint density at radius 3 is 2.67 bits per heavy atom. The zero-order chi connectivity index (χ0) is 15.2. The Kier molecular flexibility index (Phi) is 5.44. The molecule has 0 aliphatic rings. The third-order valence-electron chi connectivity index (χ3n) is 2.94. The van der Waals surface area contributed by atoms with Gasteiger partial charge in [-0.15, -0.1) is 0 Å². The molecule has 0 radical (unpaired) electrons. The number of methoxy groups -OCH3 is 1. The predicted octanol–water partition coefficient (Wildman–Crippen LogP) is 3.66. The molecule has 0 fully saturated rings. The van der Waals surface area contributed by atoms with Crippen molar-refractivity contribution < 1.29 is 9.53 Å². The number of benzene rings is 2. The zero-order valence-electron chi connectivity index (χ0n) is 11.9. The van der Waals surface area contributed by atoms with Crippen LogP contribution >= 0.6 is 22.6 Å². The van der Waals surface area contributed by atoms with Crippen LogP contribution in [0, 0.1) is 10.5 Å². The van der Waals surface area contributed by atoms with Crippen LogP contribution in [0.1, 0.15) is 5.56 Å². The Hall–Kier alpha value is -1.76. The molecule has 1 amide bonds. The number of carbonyl (C=O) groups is 1. The Morgan fingerprint density at radius 2 is 1.95 bits per heavy atom. The van der Waals surface area contributed by atoms with E-state index in [-0.39, 0.29) is 12.5 Å². The largest absolute Gasteiger partial charge is 0.495 e. The van der Waals surface area contributed by atoms with Gasteiger partial charge < -0.3 is 15.4 Å². The summed E-state index contributed by atoms with van der Waals surface area (Å²) in [4.78, 5) is 12.0. The van der Waals surface area contributed by atoms with Crippen molar-refractivity contribution in [3.63, 3.8) is 0 Å². The Morgan fingerprint density at radius 1 is 1.19 bits per heavy atom. The molecule has 0 saturated carbocycles. The molecule has 0 aliphatic heterocycles. The number of halogens is 1. The van der Waals surface area contributed by atoms with E-state index in [1.807, 2.05) is 49.4 Å². The van der Waals surface area contributed by atoms with E-state index in [1.54, 1.807) is 7.11 Å². The number of hydrogen-bond donors (Lipinski definition) is 2. The van der Waals surface area contributed by atoms with Crippen LogP contribution in [-0.2, 0) is 4.79 Å². The monoisotopic (exact) mass is 396 g/mol. The molecule has 2 aromatic rings. The Labute approximate surface area is 138 Å². The standard InChI is InChI=1S/C16H17IN2O2/c1-11-7-8-15(21-2)14(9-11)18-10-16(20)19-13-6-4-3-5-12(13)17/h3-9,18H,10H2,1-2H3,(H,19,20). The molecule has 0 unspecified atom stereocenters. The topological polar surface area (TPSA) is 50.4 Å². The van der Waals surface area contributed by atoms with Crippen molar-refractivity contribution in [3.05, 3.63) is 51.6 Å². The summed E-state index contributed by atoms with van der Waals surface area (Å²) in [6.07, 6.45) is 0. The van der Waals surface area contributed by atoms with Gasteiger partial charge in [0.2, 0.25) is 5.91 Å². The van der Waals surface area contributed by atoms with Gasteiger partial charge in [-0.1, -0.05) is 18.2 Å². The van der Waals surface area contributed by atoms with Gasteiger partial charge >= 0.3 is 0 Å². The molecule has 21 heavy (non-hydrogen) atoms. The molecule has 0 aromatic heterocycles. The first-order valence-corrected chi connectivity index (χ1v) is 7.61. The van der Waals surface area contributed by atoms with Gasteiger partial charge in [-0.05, 0) is 59.3 Å². The Bertz CT molecular complexity index is 644. The SMILES string of the molecule is COc1ccc(C)cc1NCC(=O)Nc1ccccc1I. The third-order valence-corrected chi connectivity index (χ3v) is 3.88. The minimum Gasteiger partial charge on any atom is -0.495 e. The number of anilines is 2. The molecule has 0 atom stereocenters. The van der Waals surface area contributed by atoms with Gasteiger partial charge in [0.25, 0.3) is 0 Å². The van der Waals surface area contributed by atoms with E-state index in [1.165, 1.54) is 0 Å². The lowest BCUT2D eigenvalue weighted by atomic mass is 10.2. The highest BCUT2D eigenvalue weighted by atomic mass is 127. The summed E-state index contributed by atoms with van der Waals surface area (Å²) >= 11 is 2.19. The highest BCUT2D eigenvalue weighted by molar-refractivity contribution is 14.1. The van der Waals surface area contributed by atoms with Crippen molar-refractivity contribution in [3.8, 4) is 5.75 Å². The van der Waals surface area contributed by atoms with E-state index in [4.69, 9.17) is 4.74 Å². The van der Waals surface area contributed by atoms with Gasteiger partial charge in [0.15, 0.2) is 0 Å². The molecule has 0 spiro atoms. The summed E-state index contributed by atoms with van der Waals surface area (Å²) in [5, 5.41) is 5.99. The van der Waals surface area contributed by atoms with Crippen LogP contribution in [0.3, 0.4) is 0 Å². The molecule has 2 N–H and O–H groups in total. The second kappa shape index (κ2) is 7.31. The molecule has 0 heterocycles. The number of para-hydroxylation sites is 1. The van der Waals surface area contributed by atoms with Crippen molar-refractivity contribution >= 4 is 39.9 Å². The minimum absolute atomic E-state index is 0.0947. The summed E-state index contributed by atoms with van der Waals surface area (Å²) in [5.41, 5.74) is 2.74. The molecule has 0 saturated heterocycles. The van der Waals surface area contributed by atoms with Crippen molar-refractivity contribution in [2.24, 2.45) is 0 Å². The van der Waals surface area contributed by atoms with Crippen LogP contribution in [0.5, 0.6) is 5.75 Å². The molecule has 2 aromatic carbocycles. The fourth-order valence-corrected chi connectivity index (χ4v) is 2.41. The normalized spacial score (nSPS) is 10.0. The number of hydrogen-bond acceptors (Lipinski definition) is 3. The van der Waals surface area contributed by atoms with E-state index in [0.29, 0.717) is 0 Å². The summed E-state index contributed by atoms with van der Waals surface area (Å²) in [6.45, 7) is 2.18. The summed E-state index contributed by atoms with van der Waals surface area (Å²) in [5.74, 6) is 0.630. The molecular formula is C16H17IN2O2. The molecular weight excluding hydrogens is 379 g/mol. The van der Waals surface area contributed by atoms with Crippen molar-refractivity contribution in [2.45, 2.75) is 6.92 Å². The number of carbonyl (C=O) groups excluding carboxylic acids is 1. The van der Waals surface area contributed by atoms with Crippen LogP contribution in [0.15, 0.2) is 42.5 Å².